The van der Waals surface area contributed by atoms with E-state index in [9.17, 15) is 0 Å². The van der Waals surface area contributed by atoms with Crippen LogP contribution in [0, 0.1) is 0 Å². The van der Waals surface area contributed by atoms with Crippen molar-refractivity contribution in [3.63, 3.8) is 0 Å². The molecular weight excluding hydrogens is 286 g/mol. The van der Waals surface area contributed by atoms with E-state index >= 15 is 0 Å². The molecule has 1 fully saturated rings. The minimum atomic E-state index is 0.174. The van der Waals surface area contributed by atoms with Crippen molar-refractivity contribution in [2.75, 3.05) is 38.4 Å². The lowest BCUT2D eigenvalue weighted by molar-refractivity contribution is 0.0488. The Morgan fingerprint density at radius 3 is 2.67 bits per heavy atom. The van der Waals surface area contributed by atoms with E-state index in [1.165, 1.54) is 5.56 Å². The van der Waals surface area contributed by atoms with Crippen LogP contribution in [0.15, 0.2) is 18.2 Å². The molecule has 2 rings (SSSR count). The molecule has 0 spiro atoms. The fraction of sp³-hybridized carbons (Fsp3) is 0.625. The molecule has 0 bridgehead atoms. The van der Waals surface area contributed by atoms with Crippen LogP contribution in [0.4, 0.5) is 0 Å². The van der Waals surface area contributed by atoms with Crippen LogP contribution in [0.2, 0.25) is 0 Å². The predicted octanol–water partition coefficient (Wildman–Crippen LogP) is 2.88. The van der Waals surface area contributed by atoms with Crippen LogP contribution in [0.3, 0.4) is 0 Å². The lowest BCUT2D eigenvalue weighted by Gasteiger charge is -2.30. The minimum absolute atomic E-state index is 0.174. The molecule has 0 saturated carbocycles. The SMILES string of the molecule is CCOc1ccc(C(NC)C2CSCCO2)cc1OCC. The first-order valence-electron chi connectivity index (χ1n) is 7.56. The lowest BCUT2D eigenvalue weighted by Crippen LogP contribution is -2.36. The van der Waals surface area contributed by atoms with Gasteiger partial charge < -0.3 is 19.5 Å². The minimum Gasteiger partial charge on any atom is -0.490 e. The van der Waals surface area contributed by atoms with Gasteiger partial charge in [-0.25, -0.2) is 0 Å². The maximum atomic E-state index is 5.91. The predicted molar refractivity (Wildman–Crippen MR) is 87.6 cm³/mol. The van der Waals surface area contributed by atoms with Gasteiger partial charge in [0.25, 0.3) is 0 Å². The van der Waals surface area contributed by atoms with Gasteiger partial charge in [-0.15, -0.1) is 0 Å². The molecule has 0 aromatic heterocycles. The van der Waals surface area contributed by atoms with Crippen molar-refractivity contribution in [3.8, 4) is 11.5 Å². The number of hydrogen-bond acceptors (Lipinski definition) is 5. The maximum Gasteiger partial charge on any atom is 0.161 e. The standard InChI is InChI=1S/C16H25NO3S/c1-4-18-13-7-6-12(10-14(13)19-5-2)16(17-3)15-11-21-9-8-20-15/h6-7,10,15-17H,4-5,8-9,11H2,1-3H3. The van der Waals surface area contributed by atoms with E-state index in [1.807, 2.05) is 38.7 Å². The quantitative estimate of drug-likeness (QED) is 0.838. The van der Waals surface area contributed by atoms with Gasteiger partial charge >= 0.3 is 0 Å². The highest BCUT2D eigenvalue weighted by molar-refractivity contribution is 7.99. The normalized spacial score (nSPS) is 20.0. The van der Waals surface area contributed by atoms with Gasteiger partial charge in [0.1, 0.15) is 0 Å². The second-order valence-electron chi connectivity index (χ2n) is 4.82. The Balaban J connectivity index is 2.21. The zero-order chi connectivity index (χ0) is 15.1. The number of benzene rings is 1. The highest BCUT2D eigenvalue weighted by Crippen LogP contribution is 2.33. The molecule has 5 heteroatoms. The third-order valence-electron chi connectivity index (χ3n) is 3.45. The molecular formula is C16H25NO3S. The van der Waals surface area contributed by atoms with E-state index in [4.69, 9.17) is 14.2 Å². The molecule has 2 atom stereocenters. The highest BCUT2D eigenvalue weighted by Gasteiger charge is 2.26. The largest absolute Gasteiger partial charge is 0.490 e. The third-order valence-corrected chi connectivity index (χ3v) is 4.47. The molecule has 4 nitrogen and oxygen atoms in total. The molecule has 1 saturated heterocycles. The monoisotopic (exact) mass is 311 g/mol. The third kappa shape index (κ3) is 4.28. The Kier molecular flexibility index (Phi) is 6.67. The average molecular weight is 311 g/mol. The second-order valence-corrected chi connectivity index (χ2v) is 5.97. The van der Waals surface area contributed by atoms with E-state index in [0.717, 1.165) is 29.6 Å². The molecule has 2 unspecified atom stereocenters. The first-order valence-corrected chi connectivity index (χ1v) is 8.71. The van der Waals surface area contributed by atoms with Crippen LogP contribution < -0.4 is 14.8 Å². The molecule has 118 valence electrons. The highest BCUT2D eigenvalue weighted by atomic mass is 32.2. The Bertz CT molecular complexity index is 436. The van der Waals surface area contributed by atoms with Gasteiger partial charge in [-0.2, -0.15) is 11.8 Å². The summed E-state index contributed by atoms with van der Waals surface area (Å²) in [5.41, 5.74) is 1.18. The summed E-state index contributed by atoms with van der Waals surface area (Å²) in [6.07, 6.45) is 0.196. The summed E-state index contributed by atoms with van der Waals surface area (Å²) in [6.45, 7) is 6.05. The lowest BCUT2D eigenvalue weighted by atomic mass is 10.0. The maximum absolute atomic E-state index is 5.91. The Hall–Kier alpha value is -0.910. The van der Waals surface area contributed by atoms with Crippen LogP contribution >= 0.6 is 11.8 Å². The zero-order valence-electron chi connectivity index (χ0n) is 13.1. The number of rotatable bonds is 7. The molecule has 0 amide bonds. The molecule has 1 aliphatic heterocycles. The first kappa shape index (κ1) is 16.5. The van der Waals surface area contributed by atoms with Crippen molar-refractivity contribution >= 4 is 11.8 Å². The van der Waals surface area contributed by atoms with Gasteiger partial charge in [0.2, 0.25) is 0 Å². The molecule has 1 aliphatic rings. The summed E-state index contributed by atoms with van der Waals surface area (Å²) >= 11 is 1.95. The fourth-order valence-corrected chi connectivity index (χ4v) is 3.43. The van der Waals surface area contributed by atoms with Crippen molar-refractivity contribution in [3.05, 3.63) is 23.8 Å². The second kappa shape index (κ2) is 8.51. The first-order chi connectivity index (χ1) is 10.3. The van der Waals surface area contributed by atoms with E-state index in [1.54, 1.807) is 0 Å². The van der Waals surface area contributed by atoms with Gasteiger partial charge in [-0.05, 0) is 38.6 Å². The van der Waals surface area contributed by atoms with Crippen molar-refractivity contribution in [1.82, 2.24) is 5.32 Å². The summed E-state index contributed by atoms with van der Waals surface area (Å²) in [7, 11) is 1.98. The van der Waals surface area contributed by atoms with Crippen molar-refractivity contribution in [2.24, 2.45) is 0 Å². The van der Waals surface area contributed by atoms with Crippen LogP contribution in [0.5, 0.6) is 11.5 Å². The summed E-state index contributed by atoms with van der Waals surface area (Å²) in [6, 6.07) is 6.33. The number of hydrogen-bond donors (Lipinski definition) is 1. The summed E-state index contributed by atoms with van der Waals surface area (Å²) < 4.78 is 17.2. The molecule has 1 heterocycles. The molecule has 1 aromatic carbocycles. The Labute approximate surface area is 131 Å². The molecule has 0 radical (unpaired) electrons. The summed E-state index contributed by atoms with van der Waals surface area (Å²) in [5, 5.41) is 3.37. The van der Waals surface area contributed by atoms with Crippen molar-refractivity contribution in [1.29, 1.82) is 0 Å². The van der Waals surface area contributed by atoms with Gasteiger partial charge in [0, 0.05) is 11.5 Å². The summed E-state index contributed by atoms with van der Waals surface area (Å²) in [5.74, 6) is 3.71. The van der Waals surface area contributed by atoms with Crippen LogP contribution in [-0.4, -0.2) is 44.5 Å². The smallest absolute Gasteiger partial charge is 0.161 e. The number of nitrogens with one attached hydrogen (secondary N) is 1. The number of likely N-dealkylation sites (N-methyl/N-ethyl adjacent to an activating group) is 1. The van der Waals surface area contributed by atoms with E-state index in [-0.39, 0.29) is 12.1 Å². The zero-order valence-corrected chi connectivity index (χ0v) is 13.9. The van der Waals surface area contributed by atoms with E-state index < -0.39 is 0 Å². The van der Waals surface area contributed by atoms with Crippen LogP contribution in [0.1, 0.15) is 25.5 Å². The van der Waals surface area contributed by atoms with Crippen LogP contribution in [0.25, 0.3) is 0 Å². The van der Waals surface area contributed by atoms with Gasteiger partial charge in [-0.1, -0.05) is 6.07 Å². The molecule has 1 aromatic rings. The summed E-state index contributed by atoms with van der Waals surface area (Å²) in [4.78, 5) is 0. The van der Waals surface area contributed by atoms with Gasteiger partial charge in [0.15, 0.2) is 11.5 Å². The Morgan fingerprint density at radius 2 is 2.05 bits per heavy atom. The van der Waals surface area contributed by atoms with Gasteiger partial charge in [0.05, 0.1) is 32.0 Å². The average Bonchev–Trinajstić information content (AvgIpc) is 2.52. The molecule has 1 N–H and O–H groups in total. The number of thioether (sulfide) groups is 1. The van der Waals surface area contributed by atoms with Crippen molar-refractivity contribution < 1.29 is 14.2 Å². The van der Waals surface area contributed by atoms with Gasteiger partial charge in [-0.3, -0.25) is 0 Å². The van der Waals surface area contributed by atoms with E-state index in [0.29, 0.717) is 13.2 Å². The molecule has 0 aliphatic carbocycles. The van der Waals surface area contributed by atoms with Crippen molar-refractivity contribution in [2.45, 2.75) is 26.0 Å². The fourth-order valence-electron chi connectivity index (χ4n) is 2.53. The molecule has 21 heavy (non-hydrogen) atoms. The van der Waals surface area contributed by atoms with E-state index in [2.05, 4.69) is 17.4 Å². The van der Waals surface area contributed by atoms with Crippen LogP contribution in [-0.2, 0) is 4.74 Å². The number of ether oxygens (including phenoxy) is 3. The topological polar surface area (TPSA) is 39.7 Å². The Morgan fingerprint density at radius 1 is 1.29 bits per heavy atom.